The third-order valence-corrected chi connectivity index (χ3v) is 7.06. The fourth-order valence-corrected chi connectivity index (χ4v) is 4.42. The molecule has 0 radical (unpaired) electrons. The smallest absolute Gasteiger partial charge is 0.345 e. The first-order valence-electron chi connectivity index (χ1n) is 15.3. The van der Waals surface area contributed by atoms with Crippen LogP contribution in [0.2, 0.25) is 0 Å². The molecule has 0 saturated heterocycles. The SMILES string of the molecule is C=C(/C=C/CC[C@H](C)/C=C/c1ccccc1)N[C@H](Cc1ccc(OC)c(F)c1)C(=O)NCC(C)C(=O)OC(CC(C)C)C(=O)O. The summed E-state index contributed by atoms with van der Waals surface area (Å²) in [4.78, 5) is 37.3. The van der Waals surface area contributed by atoms with Crippen molar-refractivity contribution in [2.45, 2.75) is 65.5 Å². The Kier molecular flexibility index (Phi) is 15.6. The van der Waals surface area contributed by atoms with Gasteiger partial charge in [0.25, 0.3) is 0 Å². The molecule has 0 aromatic heterocycles. The maximum absolute atomic E-state index is 14.4. The van der Waals surface area contributed by atoms with E-state index in [4.69, 9.17) is 9.47 Å². The van der Waals surface area contributed by atoms with E-state index in [1.807, 2.05) is 44.2 Å². The first-order chi connectivity index (χ1) is 21.4. The van der Waals surface area contributed by atoms with Crippen LogP contribution in [0.25, 0.3) is 6.08 Å². The van der Waals surface area contributed by atoms with Crippen molar-refractivity contribution >= 4 is 23.9 Å². The normalized spacial score (nSPS) is 14.1. The lowest BCUT2D eigenvalue weighted by molar-refractivity contribution is -0.167. The minimum atomic E-state index is -1.26. The Morgan fingerprint density at radius 3 is 2.40 bits per heavy atom. The van der Waals surface area contributed by atoms with E-state index in [9.17, 15) is 23.9 Å². The van der Waals surface area contributed by atoms with Crippen LogP contribution in [0.5, 0.6) is 5.75 Å². The number of halogens is 1. The summed E-state index contributed by atoms with van der Waals surface area (Å²) in [6.45, 7) is 11.3. The Balaban J connectivity index is 2.01. The van der Waals surface area contributed by atoms with Crippen molar-refractivity contribution in [1.82, 2.24) is 10.6 Å². The Hall–Kier alpha value is -4.40. The Morgan fingerprint density at radius 2 is 1.78 bits per heavy atom. The second-order valence-electron chi connectivity index (χ2n) is 11.7. The van der Waals surface area contributed by atoms with Gasteiger partial charge >= 0.3 is 11.9 Å². The minimum absolute atomic E-state index is 0.0190. The standard InChI is InChI=1S/C36H47FN2O6/c1-24(2)20-33(35(41)42)45-36(43)26(4)23-38-34(40)31(22-29-18-19-32(44-6)30(37)21-29)39-27(5)13-11-10-12-25(3)16-17-28-14-8-7-9-15-28/h7-9,11,13-19,21,24-26,31,33,39H,5,10,12,20,22-23H2,1-4,6H3,(H,38,40)(H,41,42)/b13-11+,17-16+/t25-,26?,31+,33?/m0/s1. The molecule has 8 nitrogen and oxygen atoms in total. The van der Waals surface area contributed by atoms with E-state index in [0.29, 0.717) is 17.2 Å². The molecule has 2 unspecified atom stereocenters. The number of benzene rings is 2. The number of amides is 1. The summed E-state index contributed by atoms with van der Waals surface area (Å²) in [5.74, 6) is -3.22. The molecule has 0 aliphatic rings. The molecule has 1 amide bonds. The Labute approximate surface area is 266 Å². The molecular weight excluding hydrogens is 575 g/mol. The maximum atomic E-state index is 14.4. The number of carbonyl (C=O) groups is 3. The van der Waals surface area contributed by atoms with Crippen molar-refractivity contribution in [3.05, 3.63) is 96.0 Å². The second kappa shape index (κ2) is 19.1. The monoisotopic (exact) mass is 622 g/mol. The number of carbonyl (C=O) groups excluding carboxylic acids is 2. The van der Waals surface area contributed by atoms with Crippen LogP contribution in [-0.4, -0.2) is 48.8 Å². The van der Waals surface area contributed by atoms with Gasteiger partial charge in [0.05, 0.1) is 13.0 Å². The zero-order valence-electron chi connectivity index (χ0n) is 26.9. The van der Waals surface area contributed by atoms with Crippen molar-refractivity contribution in [1.29, 1.82) is 0 Å². The van der Waals surface area contributed by atoms with Gasteiger partial charge in [-0.3, -0.25) is 9.59 Å². The van der Waals surface area contributed by atoms with Crippen molar-refractivity contribution in [2.24, 2.45) is 17.8 Å². The quantitative estimate of drug-likeness (QED) is 0.124. The summed E-state index contributed by atoms with van der Waals surface area (Å²) < 4.78 is 24.6. The number of hydrogen-bond donors (Lipinski definition) is 3. The van der Waals surface area contributed by atoms with Crippen LogP contribution in [-0.2, 0) is 25.5 Å². The first kappa shape index (κ1) is 36.8. The van der Waals surface area contributed by atoms with E-state index in [2.05, 4.69) is 48.4 Å². The molecule has 3 N–H and O–H groups in total. The Bertz CT molecular complexity index is 1320. The molecule has 0 spiro atoms. The number of nitrogens with one attached hydrogen (secondary N) is 2. The van der Waals surface area contributed by atoms with Crippen LogP contribution in [0, 0.1) is 23.6 Å². The number of aliphatic carboxylic acids is 1. The van der Waals surface area contributed by atoms with Gasteiger partial charge in [-0.2, -0.15) is 0 Å². The van der Waals surface area contributed by atoms with Gasteiger partial charge in [-0.05, 0) is 60.4 Å². The van der Waals surface area contributed by atoms with E-state index in [0.717, 1.165) is 18.4 Å². The largest absolute Gasteiger partial charge is 0.494 e. The van der Waals surface area contributed by atoms with Gasteiger partial charge < -0.3 is 25.2 Å². The maximum Gasteiger partial charge on any atom is 0.345 e. The van der Waals surface area contributed by atoms with E-state index in [1.165, 1.54) is 19.2 Å². The Morgan fingerprint density at radius 1 is 1.07 bits per heavy atom. The van der Waals surface area contributed by atoms with Crippen LogP contribution in [0.1, 0.15) is 58.1 Å². The van der Waals surface area contributed by atoms with Gasteiger partial charge in [-0.25, -0.2) is 9.18 Å². The highest BCUT2D eigenvalue weighted by atomic mass is 19.1. The van der Waals surface area contributed by atoms with Gasteiger partial charge in [0, 0.05) is 18.7 Å². The van der Waals surface area contributed by atoms with Crippen molar-refractivity contribution < 1.29 is 33.4 Å². The van der Waals surface area contributed by atoms with Gasteiger partial charge in [-0.15, -0.1) is 0 Å². The molecule has 2 aromatic carbocycles. The fourth-order valence-electron chi connectivity index (χ4n) is 4.42. The molecule has 0 aliphatic carbocycles. The van der Waals surface area contributed by atoms with Gasteiger partial charge in [0.2, 0.25) is 5.91 Å². The highest BCUT2D eigenvalue weighted by Crippen LogP contribution is 2.19. The van der Waals surface area contributed by atoms with E-state index in [-0.39, 0.29) is 31.1 Å². The molecule has 4 atom stereocenters. The molecule has 0 bridgehead atoms. The number of rotatable bonds is 19. The fraction of sp³-hybridized carbons (Fsp3) is 0.417. The number of carboxylic acid groups (broad SMARTS) is 1. The summed E-state index contributed by atoms with van der Waals surface area (Å²) >= 11 is 0. The molecular formula is C36H47FN2O6. The van der Waals surface area contributed by atoms with Crippen molar-refractivity contribution in [2.75, 3.05) is 13.7 Å². The lowest BCUT2D eigenvalue weighted by Gasteiger charge is -2.22. The van der Waals surface area contributed by atoms with Crippen LogP contribution in [0.15, 0.2) is 79.0 Å². The summed E-state index contributed by atoms with van der Waals surface area (Å²) in [6.07, 6.45) is 8.86. The predicted octanol–water partition coefficient (Wildman–Crippen LogP) is 6.33. The average molecular weight is 623 g/mol. The van der Waals surface area contributed by atoms with Gasteiger partial charge in [0.15, 0.2) is 17.7 Å². The second-order valence-corrected chi connectivity index (χ2v) is 11.7. The lowest BCUT2D eigenvalue weighted by atomic mass is 10.0. The molecule has 0 fully saturated rings. The van der Waals surface area contributed by atoms with Crippen molar-refractivity contribution in [3.63, 3.8) is 0 Å². The number of methoxy groups -OCH3 is 1. The first-order valence-corrected chi connectivity index (χ1v) is 15.3. The zero-order chi connectivity index (χ0) is 33.4. The molecule has 2 aromatic rings. The minimum Gasteiger partial charge on any atom is -0.494 e. The molecule has 45 heavy (non-hydrogen) atoms. The van der Waals surface area contributed by atoms with E-state index >= 15 is 0 Å². The van der Waals surface area contributed by atoms with Crippen LogP contribution >= 0.6 is 0 Å². The molecule has 0 heterocycles. The summed E-state index contributed by atoms with van der Waals surface area (Å²) in [6, 6.07) is 13.8. The molecule has 244 valence electrons. The average Bonchev–Trinajstić information content (AvgIpc) is 3.00. The number of hydrogen-bond acceptors (Lipinski definition) is 6. The molecule has 0 saturated carbocycles. The van der Waals surface area contributed by atoms with Crippen LogP contribution < -0.4 is 15.4 Å². The summed E-state index contributed by atoms with van der Waals surface area (Å²) in [5, 5.41) is 15.2. The van der Waals surface area contributed by atoms with Crippen molar-refractivity contribution in [3.8, 4) is 5.75 Å². The third kappa shape index (κ3) is 13.8. The lowest BCUT2D eigenvalue weighted by Crippen LogP contribution is -2.47. The zero-order valence-corrected chi connectivity index (χ0v) is 26.9. The summed E-state index contributed by atoms with van der Waals surface area (Å²) in [7, 11) is 1.38. The van der Waals surface area contributed by atoms with E-state index in [1.54, 1.807) is 13.0 Å². The van der Waals surface area contributed by atoms with Crippen LogP contribution in [0.3, 0.4) is 0 Å². The van der Waals surface area contributed by atoms with E-state index < -0.39 is 41.7 Å². The number of allylic oxidation sites excluding steroid dienone is 3. The molecule has 2 rings (SSSR count). The molecule has 0 aliphatic heterocycles. The third-order valence-electron chi connectivity index (χ3n) is 7.06. The number of esters is 1. The van der Waals surface area contributed by atoms with Gasteiger partial charge in [-0.1, -0.05) is 88.9 Å². The predicted molar refractivity (Wildman–Crippen MR) is 175 cm³/mol. The number of carboxylic acids is 1. The summed E-state index contributed by atoms with van der Waals surface area (Å²) in [5.41, 5.74) is 2.21. The highest BCUT2D eigenvalue weighted by molar-refractivity contribution is 5.83. The van der Waals surface area contributed by atoms with Gasteiger partial charge in [0.1, 0.15) is 6.04 Å². The molecule has 9 heteroatoms. The van der Waals surface area contributed by atoms with Crippen LogP contribution in [0.4, 0.5) is 4.39 Å². The highest BCUT2D eigenvalue weighted by Gasteiger charge is 2.27. The topological polar surface area (TPSA) is 114 Å². The number of ether oxygens (including phenoxy) is 2.